The highest BCUT2D eigenvalue weighted by atomic mass is 16.5. The summed E-state index contributed by atoms with van der Waals surface area (Å²) in [6.07, 6.45) is 0.633. The van der Waals surface area contributed by atoms with Gasteiger partial charge >= 0.3 is 0 Å². The number of likely N-dealkylation sites (N-methyl/N-ethyl adjacent to an activating group) is 1. The van der Waals surface area contributed by atoms with E-state index >= 15 is 0 Å². The monoisotopic (exact) mass is 294 g/mol. The minimum absolute atomic E-state index is 0.298. The average molecular weight is 294 g/mol. The van der Waals surface area contributed by atoms with Gasteiger partial charge in [0.05, 0.1) is 0 Å². The van der Waals surface area contributed by atoms with Gasteiger partial charge in [0.2, 0.25) is 0 Å². The van der Waals surface area contributed by atoms with E-state index in [1.807, 2.05) is 31.3 Å². The van der Waals surface area contributed by atoms with Gasteiger partial charge in [-0.1, -0.05) is 26.0 Å². The van der Waals surface area contributed by atoms with Gasteiger partial charge in [-0.25, -0.2) is 0 Å². The van der Waals surface area contributed by atoms with Crippen LogP contribution in [-0.2, 0) is 6.54 Å². The van der Waals surface area contributed by atoms with Crippen molar-refractivity contribution in [3.63, 3.8) is 0 Å². The zero-order chi connectivity index (χ0) is 15.8. The van der Waals surface area contributed by atoms with Gasteiger partial charge in [-0.2, -0.15) is 0 Å². The largest absolute Gasteiger partial charge is 0.491 e. The first-order valence-corrected chi connectivity index (χ1v) is 7.72. The molecule has 0 aliphatic carbocycles. The van der Waals surface area contributed by atoms with E-state index in [2.05, 4.69) is 25.7 Å². The molecule has 0 saturated carbocycles. The molecule has 21 heavy (non-hydrogen) atoms. The Morgan fingerprint density at radius 3 is 2.62 bits per heavy atom. The molecule has 4 heteroatoms. The smallest absolute Gasteiger partial charge is 0.119 e. The molecule has 1 rings (SSSR count). The van der Waals surface area contributed by atoms with Crippen molar-refractivity contribution in [1.29, 1.82) is 0 Å². The van der Waals surface area contributed by atoms with Crippen LogP contribution in [0.15, 0.2) is 24.3 Å². The Kier molecular flexibility index (Phi) is 7.72. The van der Waals surface area contributed by atoms with Crippen LogP contribution in [0.3, 0.4) is 0 Å². The van der Waals surface area contributed by atoms with Crippen LogP contribution < -0.4 is 10.5 Å². The van der Waals surface area contributed by atoms with Crippen molar-refractivity contribution in [3.8, 4) is 5.75 Å². The molecular formula is C17H30N2O2. The summed E-state index contributed by atoms with van der Waals surface area (Å²) < 4.78 is 5.64. The molecule has 120 valence electrons. The fraction of sp³-hybridized carbons (Fsp3) is 0.647. The second-order valence-electron chi connectivity index (χ2n) is 6.23. The summed E-state index contributed by atoms with van der Waals surface area (Å²) >= 11 is 0. The summed E-state index contributed by atoms with van der Waals surface area (Å²) in [7, 11) is 2.05. The Morgan fingerprint density at radius 1 is 1.29 bits per heavy atom. The summed E-state index contributed by atoms with van der Waals surface area (Å²) in [4.78, 5) is 2.18. The summed E-state index contributed by atoms with van der Waals surface area (Å²) in [5, 5.41) is 10.1. The van der Waals surface area contributed by atoms with E-state index in [-0.39, 0.29) is 0 Å². The molecule has 0 aliphatic heterocycles. The van der Waals surface area contributed by atoms with Gasteiger partial charge < -0.3 is 20.5 Å². The SMILES string of the molecule is CC(C)CC(C)N(C)CC(O)COc1cccc(CN)c1. The molecule has 2 unspecified atom stereocenters. The Labute approximate surface area is 128 Å². The van der Waals surface area contributed by atoms with Crippen LogP contribution in [-0.4, -0.2) is 42.4 Å². The van der Waals surface area contributed by atoms with Crippen molar-refractivity contribution in [1.82, 2.24) is 4.90 Å². The van der Waals surface area contributed by atoms with Crippen molar-refractivity contribution >= 4 is 0 Å². The Balaban J connectivity index is 2.37. The minimum Gasteiger partial charge on any atom is -0.491 e. The van der Waals surface area contributed by atoms with Gasteiger partial charge in [-0.15, -0.1) is 0 Å². The second-order valence-corrected chi connectivity index (χ2v) is 6.23. The lowest BCUT2D eigenvalue weighted by Gasteiger charge is -2.28. The first kappa shape index (κ1) is 18.0. The van der Waals surface area contributed by atoms with E-state index < -0.39 is 6.10 Å². The van der Waals surface area contributed by atoms with Crippen molar-refractivity contribution in [2.75, 3.05) is 20.2 Å². The zero-order valence-electron chi connectivity index (χ0n) is 13.7. The maximum atomic E-state index is 10.1. The minimum atomic E-state index is -0.494. The fourth-order valence-corrected chi connectivity index (χ4v) is 2.38. The predicted octanol–water partition coefficient (Wildman–Crippen LogP) is 2.25. The maximum Gasteiger partial charge on any atom is 0.119 e. The molecule has 2 atom stereocenters. The summed E-state index contributed by atoms with van der Waals surface area (Å²) in [5.74, 6) is 1.42. The summed E-state index contributed by atoms with van der Waals surface area (Å²) in [6.45, 7) is 8.04. The molecule has 0 fully saturated rings. The quantitative estimate of drug-likeness (QED) is 0.733. The van der Waals surface area contributed by atoms with Crippen LogP contribution in [0.2, 0.25) is 0 Å². The highest BCUT2D eigenvalue weighted by Crippen LogP contribution is 2.14. The second kappa shape index (κ2) is 9.03. The Morgan fingerprint density at radius 2 is 2.00 bits per heavy atom. The number of ether oxygens (including phenoxy) is 1. The van der Waals surface area contributed by atoms with E-state index in [4.69, 9.17) is 10.5 Å². The molecular weight excluding hydrogens is 264 g/mol. The Bertz CT molecular complexity index is 410. The highest BCUT2D eigenvalue weighted by Gasteiger charge is 2.15. The van der Waals surface area contributed by atoms with Gasteiger partial charge in [0.15, 0.2) is 0 Å². The molecule has 0 aromatic heterocycles. The molecule has 3 N–H and O–H groups in total. The van der Waals surface area contributed by atoms with Gasteiger partial charge in [0.1, 0.15) is 18.5 Å². The third kappa shape index (κ3) is 6.93. The van der Waals surface area contributed by atoms with E-state index in [0.717, 1.165) is 17.7 Å². The number of nitrogens with two attached hydrogens (primary N) is 1. The third-order valence-corrected chi connectivity index (χ3v) is 3.64. The molecule has 0 heterocycles. The molecule has 0 saturated heterocycles. The van der Waals surface area contributed by atoms with E-state index in [1.165, 1.54) is 0 Å². The van der Waals surface area contributed by atoms with Crippen LogP contribution in [0.1, 0.15) is 32.8 Å². The molecule has 0 bridgehead atoms. The van der Waals surface area contributed by atoms with Gasteiger partial charge in [0.25, 0.3) is 0 Å². The van der Waals surface area contributed by atoms with Gasteiger partial charge in [-0.3, -0.25) is 0 Å². The van der Waals surface area contributed by atoms with Crippen molar-refractivity contribution < 1.29 is 9.84 Å². The van der Waals surface area contributed by atoms with Gasteiger partial charge in [0, 0.05) is 19.1 Å². The number of aliphatic hydroxyl groups excluding tert-OH is 1. The number of hydrogen-bond donors (Lipinski definition) is 2. The van der Waals surface area contributed by atoms with Crippen molar-refractivity contribution in [2.45, 2.75) is 45.9 Å². The van der Waals surface area contributed by atoms with Gasteiger partial charge in [-0.05, 0) is 44.0 Å². The molecule has 0 aliphatic rings. The molecule has 0 amide bonds. The van der Waals surface area contributed by atoms with E-state index in [0.29, 0.717) is 31.7 Å². The zero-order valence-corrected chi connectivity index (χ0v) is 13.7. The lowest BCUT2D eigenvalue weighted by atomic mass is 10.0. The topological polar surface area (TPSA) is 58.7 Å². The molecule has 0 radical (unpaired) electrons. The molecule has 1 aromatic rings. The van der Waals surface area contributed by atoms with Crippen LogP contribution in [0.5, 0.6) is 5.75 Å². The van der Waals surface area contributed by atoms with Crippen LogP contribution in [0, 0.1) is 5.92 Å². The maximum absolute atomic E-state index is 10.1. The number of aliphatic hydroxyl groups is 1. The van der Waals surface area contributed by atoms with Crippen LogP contribution >= 0.6 is 0 Å². The van der Waals surface area contributed by atoms with E-state index in [1.54, 1.807) is 0 Å². The number of benzene rings is 1. The predicted molar refractivity (Wildman–Crippen MR) is 87.4 cm³/mol. The lowest BCUT2D eigenvalue weighted by molar-refractivity contribution is 0.0623. The summed E-state index contributed by atoms with van der Waals surface area (Å²) in [6, 6.07) is 8.14. The van der Waals surface area contributed by atoms with Crippen molar-refractivity contribution in [2.24, 2.45) is 11.7 Å². The number of nitrogens with zero attached hydrogens (tertiary/aromatic N) is 1. The summed E-state index contributed by atoms with van der Waals surface area (Å²) in [5.41, 5.74) is 6.63. The standard InChI is InChI=1S/C17H30N2O2/c1-13(2)8-14(3)19(4)11-16(20)12-21-17-7-5-6-15(9-17)10-18/h5-7,9,13-14,16,20H,8,10-12,18H2,1-4H3. The average Bonchev–Trinajstić information content (AvgIpc) is 2.44. The van der Waals surface area contributed by atoms with Crippen molar-refractivity contribution in [3.05, 3.63) is 29.8 Å². The third-order valence-electron chi connectivity index (χ3n) is 3.64. The van der Waals surface area contributed by atoms with Crippen LogP contribution in [0.25, 0.3) is 0 Å². The Hall–Kier alpha value is -1.10. The fourth-order valence-electron chi connectivity index (χ4n) is 2.38. The lowest BCUT2D eigenvalue weighted by Crippen LogP contribution is -2.38. The molecule has 4 nitrogen and oxygen atoms in total. The van der Waals surface area contributed by atoms with Crippen LogP contribution in [0.4, 0.5) is 0 Å². The first-order chi connectivity index (χ1) is 9.92. The normalized spacial score (nSPS) is 14.5. The number of hydrogen-bond acceptors (Lipinski definition) is 4. The first-order valence-electron chi connectivity index (χ1n) is 7.72. The molecule has 1 aromatic carbocycles. The highest BCUT2D eigenvalue weighted by molar-refractivity contribution is 5.28. The molecule has 0 spiro atoms. The van der Waals surface area contributed by atoms with E-state index in [9.17, 15) is 5.11 Å². The number of rotatable bonds is 9.